The second-order valence-corrected chi connectivity index (χ2v) is 5.85. The van der Waals surface area contributed by atoms with Crippen molar-refractivity contribution in [1.29, 1.82) is 0 Å². The summed E-state index contributed by atoms with van der Waals surface area (Å²) < 4.78 is 1.93. The number of rotatable bonds is 4. The van der Waals surface area contributed by atoms with Gasteiger partial charge in [-0.25, -0.2) is 4.68 Å². The molecule has 1 aliphatic carbocycles. The van der Waals surface area contributed by atoms with Crippen LogP contribution in [0.4, 0.5) is 5.82 Å². The second-order valence-electron chi connectivity index (χ2n) is 5.85. The van der Waals surface area contributed by atoms with Gasteiger partial charge in [0.05, 0.1) is 25.3 Å². The number of nitrogens with one attached hydrogen (secondary N) is 3. The van der Waals surface area contributed by atoms with E-state index in [0.29, 0.717) is 25.7 Å². The molecule has 2 aliphatic rings. The van der Waals surface area contributed by atoms with Crippen LogP contribution in [0.3, 0.4) is 0 Å². The minimum atomic E-state index is -0.0561. The molecular weight excluding hydrogens is 270 g/mol. The van der Waals surface area contributed by atoms with Crippen molar-refractivity contribution in [1.82, 2.24) is 15.1 Å². The molecule has 2 amide bonds. The standard InChI is InChI=1S/C14H21N5O2/c20-13-9-18(8-7-15-13)10-14(21)17-12-5-6-16-19(12)11-3-1-2-4-11/h5-6,11H,1-4,7-10H2,(H,15,20)(H,17,21)/p+1. The molecule has 0 aromatic carbocycles. The van der Waals surface area contributed by atoms with Gasteiger partial charge in [0.1, 0.15) is 5.82 Å². The van der Waals surface area contributed by atoms with E-state index in [1.807, 2.05) is 10.7 Å². The van der Waals surface area contributed by atoms with Crippen LogP contribution in [-0.4, -0.2) is 47.8 Å². The minimum Gasteiger partial charge on any atom is -0.346 e. The SMILES string of the molecule is O=C1C[NH+](CC(=O)Nc2ccnn2C2CCCC2)CCN1. The lowest BCUT2D eigenvalue weighted by atomic mass is 10.2. The highest BCUT2D eigenvalue weighted by atomic mass is 16.2. The van der Waals surface area contributed by atoms with Crippen molar-refractivity contribution in [3.8, 4) is 0 Å². The molecular formula is C14H22N5O2+. The lowest BCUT2D eigenvalue weighted by molar-refractivity contribution is -0.885. The van der Waals surface area contributed by atoms with Gasteiger partial charge in [0.25, 0.3) is 11.8 Å². The summed E-state index contributed by atoms with van der Waals surface area (Å²) in [6, 6.07) is 2.25. The summed E-state index contributed by atoms with van der Waals surface area (Å²) >= 11 is 0. The van der Waals surface area contributed by atoms with Crippen molar-refractivity contribution < 1.29 is 14.5 Å². The summed E-state index contributed by atoms with van der Waals surface area (Å²) in [6.45, 7) is 2.13. The van der Waals surface area contributed by atoms with Crippen molar-refractivity contribution in [2.75, 3.05) is 31.5 Å². The fourth-order valence-electron chi connectivity index (χ4n) is 3.17. The van der Waals surface area contributed by atoms with Crippen molar-refractivity contribution in [2.24, 2.45) is 0 Å². The Morgan fingerprint density at radius 2 is 2.29 bits per heavy atom. The number of hydrogen-bond acceptors (Lipinski definition) is 3. The highest BCUT2D eigenvalue weighted by Gasteiger charge is 2.24. The molecule has 7 heteroatoms. The number of piperazine rings is 1. The monoisotopic (exact) mass is 292 g/mol. The first-order chi connectivity index (χ1) is 10.2. The Kier molecular flexibility index (Phi) is 4.19. The van der Waals surface area contributed by atoms with E-state index in [1.165, 1.54) is 12.8 Å². The van der Waals surface area contributed by atoms with Crippen LogP contribution in [0.1, 0.15) is 31.7 Å². The van der Waals surface area contributed by atoms with Crippen molar-refractivity contribution in [2.45, 2.75) is 31.7 Å². The van der Waals surface area contributed by atoms with Crippen LogP contribution in [0.15, 0.2) is 12.3 Å². The summed E-state index contributed by atoms with van der Waals surface area (Å²) in [4.78, 5) is 24.5. The maximum absolute atomic E-state index is 12.1. The third kappa shape index (κ3) is 3.41. The highest BCUT2D eigenvalue weighted by Crippen LogP contribution is 2.31. The van der Waals surface area contributed by atoms with Gasteiger partial charge >= 0.3 is 0 Å². The van der Waals surface area contributed by atoms with Gasteiger partial charge in [-0.1, -0.05) is 12.8 Å². The van der Waals surface area contributed by atoms with Crippen LogP contribution in [0.25, 0.3) is 0 Å². The van der Waals surface area contributed by atoms with E-state index in [0.717, 1.165) is 30.1 Å². The molecule has 1 saturated carbocycles. The van der Waals surface area contributed by atoms with E-state index in [2.05, 4.69) is 15.7 Å². The zero-order valence-electron chi connectivity index (χ0n) is 12.1. The molecule has 1 saturated heterocycles. The highest BCUT2D eigenvalue weighted by molar-refractivity contribution is 5.90. The molecule has 114 valence electrons. The van der Waals surface area contributed by atoms with Crippen LogP contribution in [0.2, 0.25) is 0 Å². The predicted molar refractivity (Wildman–Crippen MR) is 76.9 cm³/mol. The average molecular weight is 292 g/mol. The van der Waals surface area contributed by atoms with E-state index in [4.69, 9.17) is 0 Å². The normalized spacial score (nSPS) is 23.0. The fraction of sp³-hybridized carbons (Fsp3) is 0.643. The third-order valence-electron chi connectivity index (χ3n) is 4.23. The molecule has 0 spiro atoms. The molecule has 7 nitrogen and oxygen atoms in total. The van der Waals surface area contributed by atoms with Gasteiger partial charge in [-0.3, -0.25) is 9.59 Å². The summed E-state index contributed by atoms with van der Waals surface area (Å²) in [5, 5.41) is 10.1. The van der Waals surface area contributed by atoms with Gasteiger partial charge in [0.15, 0.2) is 13.1 Å². The van der Waals surface area contributed by atoms with E-state index in [-0.39, 0.29) is 11.8 Å². The van der Waals surface area contributed by atoms with Gasteiger partial charge in [-0.2, -0.15) is 5.10 Å². The molecule has 0 bridgehead atoms. The summed E-state index contributed by atoms with van der Waals surface area (Å²) in [6.07, 6.45) is 6.44. The Labute approximate surface area is 123 Å². The van der Waals surface area contributed by atoms with Crippen LogP contribution in [0.5, 0.6) is 0 Å². The Hall–Kier alpha value is -1.89. The van der Waals surface area contributed by atoms with E-state index >= 15 is 0 Å². The second kappa shape index (κ2) is 6.26. The molecule has 1 unspecified atom stereocenters. The first kappa shape index (κ1) is 14.1. The third-order valence-corrected chi connectivity index (χ3v) is 4.23. The smallest absolute Gasteiger partial charge is 0.280 e. The Morgan fingerprint density at radius 1 is 1.48 bits per heavy atom. The van der Waals surface area contributed by atoms with Crippen molar-refractivity contribution >= 4 is 17.6 Å². The lowest BCUT2D eigenvalue weighted by Crippen LogP contribution is -3.16. The van der Waals surface area contributed by atoms with Crippen LogP contribution in [0, 0.1) is 0 Å². The maximum Gasteiger partial charge on any atom is 0.280 e. The van der Waals surface area contributed by atoms with E-state index < -0.39 is 0 Å². The van der Waals surface area contributed by atoms with Crippen molar-refractivity contribution in [3.63, 3.8) is 0 Å². The van der Waals surface area contributed by atoms with Gasteiger partial charge in [0.2, 0.25) is 0 Å². The Bertz CT molecular complexity index is 521. The summed E-state index contributed by atoms with van der Waals surface area (Å²) in [5.74, 6) is 0.729. The summed E-state index contributed by atoms with van der Waals surface area (Å²) in [5.41, 5.74) is 0. The van der Waals surface area contributed by atoms with Crippen molar-refractivity contribution in [3.05, 3.63) is 12.3 Å². The van der Waals surface area contributed by atoms with Crippen LogP contribution >= 0.6 is 0 Å². The molecule has 1 atom stereocenters. The molecule has 3 rings (SSSR count). The molecule has 21 heavy (non-hydrogen) atoms. The summed E-state index contributed by atoms with van der Waals surface area (Å²) in [7, 11) is 0. The molecule has 2 heterocycles. The average Bonchev–Trinajstić information content (AvgIpc) is 3.08. The largest absolute Gasteiger partial charge is 0.346 e. The Morgan fingerprint density at radius 3 is 3.05 bits per heavy atom. The molecule has 0 radical (unpaired) electrons. The number of hydrogen-bond donors (Lipinski definition) is 3. The van der Waals surface area contributed by atoms with Crippen LogP contribution < -0.4 is 15.5 Å². The minimum absolute atomic E-state index is 0.0139. The number of anilines is 1. The number of aromatic nitrogens is 2. The number of amides is 2. The van der Waals surface area contributed by atoms with E-state index in [9.17, 15) is 9.59 Å². The van der Waals surface area contributed by atoms with Gasteiger partial charge in [-0.05, 0) is 12.8 Å². The van der Waals surface area contributed by atoms with Gasteiger partial charge in [-0.15, -0.1) is 0 Å². The number of quaternary nitrogens is 1. The lowest BCUT2D eigenvalue weighted by Gasteiger charge is -2.23. The number of nitrogens with zero attached hydrogens (tertiary/aromatic N) is 2. The molecule has 1 aliphatic heterocycles. The van der Waals surface area contributed by atoms with Crippen LogP contribution in [-0.2, 0) is 9.59 Å². The number of carbonyl (C=O) groups is 2. The zero-order valence-corrected chi connectivity index (χ0v) is 12.1. The first-order valence-corrected chi connectivity index (χ1v) is 7.66. The molecule has 2 fully saturated rings. The quantitative estimate of drug-likeness (QED) is 0.662. The van der Waals surface area contributed by atoms with E-state index in [1.54, 1.807) is 6.20 Å². The van der Waals surface area contributed by atoms with Gasteiger partial charge in [0, 0.05) is 6.07 Å². The maximum atomic E-state index is 12.1. The van der Waals surface area contributed by atoms with Gasteiger partial charge < -0.3 is 15.5 Å². The first-order valence-electron chi connectivity index (χ1n) is 7.66. The topological polar surface area (TPSA) is 80.5 Å². The molecule has 1 aromatic heterocycles. The number of carbonyl (C=O) groups excluding carboxylic acids is 2. The fourth-order valence-corrected chi connectivity index (χ4v) is 3.17. The molecule has 3 N–H and O–H groups in total. The zero-order chi connectivity index (χ0) is 14.7. The Balaban J connectivity index is 1.57. The predicted octanol–water partition coefficient (Wildman–Crippen LogP) is -1.05. The molecule has 1 aromatic rings.